The van der Waals surface area contributed by atoms with Crippen LogP contribution >= 0.6 is 0 Å². The minimum atomic E-state index is -0.125. The zero-order valence-electron chi connectivity index (χ0n) is 10.8. The van der Waals surface area contributed by atoms with Crippen molar-refractivity contribution in [2.75, 3.05) is 5.73 Å². The Bertz CT molecular complexity index is 745. The Labute approximate surface area is 111 Å². The zero-order chi connectivity index (χ0) is 13.7. The molecule has 0 heterocycles. The van der Waals surface area contributed by atoms with E-state index in [1.807, 2.05) is 13.8 Å². The summed E-state index contributed by atoms with van der Waals surface area (Å²) in [5.74, 6) is -0.217. The van der Waals surface area contributed by atoms with Gasteiger partial charge >= 0.3 is 0 Å². The molecule has 1 aliphatic rings. The summed E-state index contributed by atoms with van der Waals surface area (Å²) in [4.78, 5) is 25.0. The Morgan fingerprint density at radius 3 is 2.05 bits per heavy atom. The van der Waals surface area contributed by atoms with Gasteiger partial charge in [0.15, 0.2) is 11.6 Å². The van der Waals surface area contributed by atoms with Gasteiger partial charge in [-0.1, -0.05) is 24.3 Å². The fourth-order valence-corrected chi connectivity index (χ4v) is 2.57. The monoisotopic (exact) mass is 251 g/mol. The molecule has 0 aromatic heterocycles. The van der Waals surface area contributed by atoms with Gasteiger partial charge in [-0.2, -0.15) is 0 Å². The first-order valence-corrected chi connectivity index (χ1v) is 6.10. The van der Waals surface area contributed by atoms with Gasteiger partial charge < -0.3 is 5.73 Å². The smallest absolute Gasteiger partial charge is 0.194 e. The first-order valence-electron chi connectivity index (χ1n) is 6.10. The molecule has 0 atom stereocenters. The molecule has 3 rings (SSSR count). The zero-order valence-corrected chi connectivity index (χ0v) is 10.8. The van der Waals surface area contributed by atoms with Crippen LogP contribution < -0.4 is 5.73 Å². The van der Waals surface area contributed by atoms with Gasteiger partial charge in [0, 0.05) is 27.9 Å². The Hall–Kier alpha value is -2.42. The van der Waals surface area contributed by atoms with Crippen LogP contribution in [0.2, 0.25) is 0 Å². The lowest BCUT2D eigenvalue weighted by atomic mass is 9.80. The molecule has 2 aromatic carbocycles. The first kappa shape index (κ1) is 11.7. The van der Waals surface area contributed by atoms with E-state index in [1.54, 1.807) is 30.3 Å². The van der Waals surface area contributed by atoms with E-state index in [9.17, 15) is 9.59 Å². The molecule has 94 valence electrons. The molecule has 0 amide bonds. The number of anilines is 1. The van der Waals surface area contributed by atoms with Crippen LogP contribution in [-0.2, 0) is 0 Å². The van der Waals surface area contributed by atoms with Gasteiger partial charge in [-0.25, -0.2) is 0 Å². The minimum absolute atomic E-state index is 0.0919. The van der Waals surface area contributed by atoms with Crippen LogP contribution in [-0.4, -0.2) is 11.6 Å². The van der Waals surface area contributed by atoms with Crippen LogP contribution in [0.15, 0.2) is 30.3 Å². The normalized spacial score (nSPS) is 13.2. The van der Waals surface area contributed by atoms with Crippen molar-refractivity contribution >= 4 is 17.3 Å². The second kappa shape index (κ2) is 3.79. The molecule has 0 radical (unpaired) electrons. The number of benzene rings is 2. The highest BCUT2D eigenvalue weighted by atomic mass is 16.1. The molecule has 2 aromatic rings. The average molecular weight is 251 g/mol. The third kappa shape index (κ3) is 1.45. The van der Waals surface area contributed by atoms with Gasteiger partial charge in [0.05, 0.1) is 0 Å². The molecule has 0 fully saturated rings. The molecule has 19 heavy (non-hydrogen) atoms. The fraction of sp³-hybridized carbons (Fsp3) is 0.125. The van der Waals surface area contributed by atoms with Crippen molar-refractivity contribution in [3.63, 3.8) is 0 Å². The predicted molar refractivity (Wildman–Crippen MR) is 73.6 cm³/mol. The summed E-state index contributed by atoms with van der Waals surface area (Å²) < 4.78 is 0. The largest absolute Gasteiger partial charge is 0.398 e. The van der Waals surface area contributed by atoms with E-state index in [2.05, 4.69) is 0 Å². The van der Waals surface area contributed by atoms with Crippen LogP contribution in [0, 0.1) is 13.8 Å². The summed E-state index contributed by atoms with van der Waals surface area (Å²) in [5.41, 5.74) is 9.97. The molecule has 0 unspecified atom stereocenters. The number of ketones is 2. The molecule has 0 bridgehead atoms. The average Bonchev–Trinajstić information content (AvgIpc) is 2.42. The summed E-state index contributed by atoms with van der Waals surface area (Å²) in [7, 11) is 0. The number of fused-ring (bicyclic) bond motifs is 2. The Morgan fingerprint density at radius 1 is 0.842 bits per heavy atom. The molecule has 0 saturated heterocycles. The Morgan fingerprint density at radius 2 is 1.42 bits per heavy atom. The summed E-state index contributed by atoms with van der Waals surface area (Å²) in [6.07, 6.45) is 0. The highest BCUT2D eigenvalue weighted by Gasteiger charge is 2.31. The van der Waals surface area contributed by atoms with Gasteiger partial charge in [-0.3, -0.25) is 9.59 Å². The van der Waals surface area contributed by atoms with Crippen LogP contribution in [0.1, 0.15) is 43.0 Å². The first-order chi connectivity index (χ1) is 9.02. The van der Waals surface area contributed by atoms with Crippen molar-refractivity contribution in [3.05, 3.63) is 63.7 Å². The SMILES string of the molecule is Cc1c(N)cc2c(c1C)C(=O)c1ccccc1C2=O. The minimum Gasteiger partial charge on any atom is -0.398 e. The van der Waals surface area contributed by atoms with Crippen molar-refractivity contribution in [3.8, 4) is 0 Å². The topological polar surface area (TPSA) is 60.2 Å². The summed E-state index contributed by atoms with van der Waals surface area (Å²) in [6.45, 7) is 3.70. The molecule has 1 aliphatic carbocycles. The van der Waals surface area contributed by atoms with E-state index in [4.69, 9.17) is 5.73 Å². The number of nitrogen functional groups attached to an aromatic ring is 1. The number of nitrogens with two attached hydrogens (primary N) is 1. The van der Waals surface area contributed by atoms with Crippen LogP contribution in [0.3, 0.4) is 0 Å². The maximum Gasteiger partial charge on any atom is 0.194 e. The number of carbonyl (C=O) groups excluding carboxylic acids is 2. The van der Waals surface area contributed by atoms with Crippen molar-refractivity contribution in [2.45, 2.75) is 13.8 Å². The summed E-state index contributed by atoms with van der Waals surface area (Å²) in [6, 6.07) is 8.54. The molecule has 0 saturated carbocycles. The lowest BCUT2D eigenvalue weighted by Crippen LogP contribution is -2.23. The lowest BCUT2D eigenvalue weighted by molar-refractivity contribution is 0.0978. The van der Waals surface area contributed by atoms with Gasteiger partial charge in [0.1, 0.15) is 0 Å². The Kier molecular flexibility index (Phi) is 2.32. The van der Waals surface area contributed by atoms with Crippen molar-refractivity contribution in [1.29, 1.82) is 0 Å². The molecule has 0 aliphatic heterocycles. The molecular formula is C16H13NO2. The molecule has 3 heteroatoms. The number of carbonyl (C=O) groups is 2. The van der Waals surface area contributed by atoms with Gasteiger partial charge in [0.2, 0.25) is 0 Å². The summed E-state index contributed by atoms with van der Waals surface area (Å²) in [5, 5.41) is 0. The Balaban J connectivity index is 2.40. The number of rotatable bonds is 0. The van der Waals surface area contributed by atoms with Crippen LogP contribution in [0.4, 0.5) is 5.69 Å². The maximum absolute atomic E-state index is 12.5. The third-order valence-electron chi connectivity index (χ3n) is 3.83. The van der Waals surface area contributed by atoms with E-state index >= 15 is 0 Å². The molecule has 2 N–H and O–H groups in total. The van der Waals surface area contributed by atoms with Crippen LogP contribution in [0.5, 0.6) is 0 Å². The van der Waals surface area contributed by atoms with Crippen molar-refractivity contribution < 1.29 is 9.59 Å². The highest BCUT2D eigenvalue weighted by molar-refractivity contribution is 6.29. The number of hydrogen-bond acceptors (Lipinski definition) is 3. The maximum atomic E-state index is 12.5. The van der Waals surface area contributed by atoms with Gasteiger partial charge in [-0.15, -0.1) is 0 Å². The van der Waals surface area contributed by atoms with E-state index in [0.29, 0.717) is 27.9 Å². The molecule has 3 nitrogen and oxygen atoms in total. The standard InChI is InChI=1S/C16H13NO2/c1-8-9(2)14-12(7-13(8)17)15(18)10-5-3-4-6-11(10)16(14)19/h3-7H,17H2,1-2H3. The van der Waals surface area contributed by atoms with E-state index < -0.39 is 0 Å². The second-order valence-corrected chi connectivity index (χ2v) is 4.84. The third-order valence-corrected chi connectivity index (χ3v) is 3.83. The van der Waals surface area contributed by atoms with E-state index in [0.717, 1.165) is 11.1 Å². The number of hydrogen-bond donors (Lipinski definition) is 1. The second-order valence-electron chi connectivity index (χ2n) is 4.84. The highest BCUT2D eigenvalue weighted by Crippen LogP contribution is 2.33. The lowest BCUT2D eigenvalue weighted by Gasteiger charge is -2.21. The van der Waals surface area contributed by atoms with Gasteiger partial charge in [0.25, 0.3) is 0 Å². The fourth-order valence-electron chi connectivity index (χ4n) is 2.57. The van der Waals surface area contributed by atoms with E-state index in [-0.39, 0.29) is 11.6 Å². The molecular weight excluding hydrogens is 238 g/mol. The quantitative estimate of drug-likeness (QED) is 0.625. The van der Waals surface area contributed by atoms with Crippen molar-refractivity contribution in [2.24, 2.45) is 0 Å². The van der Waals surface area contributed by atoms with Crippen LogP contribution in [0.25, 0.3) is 0 Å². The van der Waals surface area contributed by atoms with Gasteiger partial charge in [-0.05, 0) is 31.0 Å². The molecule has 0 spiro atoms. The van der Waals surface area contributed by atoms with E-state index in [1.165, 1.54) is 0 Å². The summed E-state index contributed by atoms with van der Waals surface area (Å²) >= 11 is 0. The van der Waals surface area contributed by atoms with Crippen molar-refractivity contribution in [1.82, 2.24) is 0 Å². The predicted octanol–water partition coefficient (Wildman–Crippen LogP) is 2.66.